The van der Waals surface area contributed by atoms with Crippen LogP contribution in [0.1, 0.15) is 34.5 Å². The van der Waals surface area contributed by atoms with E-state index in [1.807, 2.05) is 17.2 Å². The van der Waals surface area contributed by atoms with Crippen molar-refractivity contribution in [2.24, 2.45) is 0 Å². The number of aryl methyl sites for hydroxylation is 1. The molecule has 2 aliphatic rings. The van der Waals surface area contributed by atoms with E-state index >= 15 is 0 Å². The van der Waals surface area contributed by atoms with Crippen LogP contribution in [0.25, 0.3) is 0 Å². The van der Waals surface area contributed by atoms with Crippen molar-refractivity contribution in [3.8, 4) is 0 Å². The highest BCUT2D eigenvalue weighted by Gasteiger charge is 2.29. The summed E-state index contributed by atoms with van der Waals surface area (Å²) in [6, 6.07) is 8.34. The molecule has 0 aliphatic carbocycles. The number of piperidine rings is 1. The second-order valence-corrected chi connectivity index (χ2v) is 7.84. The Hall–Kier alpha value is -2.31. The first-order valence-corrected chi connectivity index (χ1v) is 10.3. The quantitative estimate of drug-likeness (QED) is 0.815. The predicted molar refractivity (Wildman–Crippen MR) is 109 cm³/mol. The maximum Gasteiger partial charge on any atom is 0.253 e. The van der Waals surface area contributed by atoms with Crippen molar-refractivity contribution < 1.29 is 4.79 Å². The molecule has 0 spiro atoms. The largest absolute Gasteiger partial charge is 0.339 e. The molecule has 2 aliphatic heterocycles. The molecule has 0 radical (unpaired) electrons. The fraction of sp³-hybridized carbons (Fsp3) is 0.500. The summed E-state index contributed by atoms with van der Waals surface area (Å²) in [5.41, 5.74) is 3.21. The van der Waals surface area contributed by atoms with Gasteiger partial charge < -0.3 is 4.90 Å². The molecule has 6 heteroatoms. The summed E-state index contributed by atoms with van der Waals surface area (Å²) in [5, 5.41) is 0. The minimum absolute atomic E-state index is 0.136. The van der Waals surface area contributed by atoms with Crippen LogP contribution in [0.3, 0.4) is 0 Å². The highest BCUT2D eigenvalue weighted by molar-refractivity contribution is 5.94. The SMILES string of the molecule is Cc1cccnc1CN1CCN(C2CCN(C(=O)c3ccncc3)CC2)CC1. The molecular weight excluding hydrogens is 350 g/mol. The maximum atomic E-state index is 12.6. The van der Waals surface area contributed by atoms with Gasteiger partial charge in [-0.3, -0.25) is 24.6 Å². The zero-order chi connectivity index (χ0) is 19.3. The van der Waals surface area contributed by atoms with E-state index in [2.05, 4.69) is 32.8 Å². The van der Waals surface area contributed by atoms with E-state index in [9.17, 15) is 4.79 Å². The van der Waals surface area contributed by atoms with Gasteiger partial charge in [0.15, 0.2) is 0 Å². The average molecular weight is 380 g/mol. The number of carbonyl (C=O) groups is 1. The van der Waals surface area contributed by atoms with E-state index < -0.39 is 0 Å². The van der Waals surface area contributed by atoms with Gasteiger partial charge in [-0.25, -0.2) is 0 Å². The number of rotatable bonds is 4. The van der Waals surface area contributed by atoms with Crippen LogP contribution in [0.5, 0.6) is 0 Å². The molecule has 0 atom stereocenters. The number of hydrogen-bond donors (Lipinski definition) is 0. The first-order valence-electron chi connectivity index (χ1n) is 10.3. The lowest BCUT2D eigenvalue weighted by atomic mass is 10.0. The lowest BCUT2D eigenvalue weighted by Gasteiger charge is -2.42. The fourth-order valence-corrected chi connectivity index (χ4v) is 4.29. The molecule has 0 bridgehead atoms. The Morgan fingerprint density at radius 3 is 2.39 bits per heavy atom. The van der Waals surface area contributed by atoms with Gasteiger partial charge in [0, 0.05) is 76.0 Å². The van der Waals surface area contributed by atoms with E-state index in [1.165, 1.54) is 11.3 Å². The normalized spacial score (nSPS) is 19.7. The van der Waals surface area contributed by atoms with Crippen LogP contribution in [0, 0.1) is 6.92 Å². The van der Waals surface area contributed by atoms with Crippen LogP contribution in [0.4, 0.5) is 0 Å². The third-order valence-electron chi connectivity index (χ3n) is 6.09. The first kappa shape index (κ1) is 19.0. The van der Waals surface area contributed by atoms with Crippen LogP contribution in [0.15, 0.2) is 42.9 Å². The highest BCUT2D eigenvalue weighted by atomic mass is 16.2. The standard InChI is InChI=1S/C22H29N5O/c1-18-3-2-8-24-21(18)17-25-13-15-26(16-14-25)20-6-11-27(12-7-20)22(28)19-4-9-23-10-5-19/h2-5,8-10,20H,6-7,11-17H2,1H3. The zero-order valence-corrected chi connectivity index (χ0v) is 16.6. The fourth-order valence-electron chi connectivity index (χ4n) is 4.29. The zero-order valence-electron chi connectivity index (χ0n) is 16.6. The maximum absolute atomic E-state index is 12.6. The predicted octanol–water partition coefficient (Wildman–Crippen LogP) is 2.21. The van der Waals surface area contributed by atoms with Gasteiger partial charge in [-0.15, -0.1) is 0 Å². The summed E-state index contributed by atoms with van der Waals surface area (Å²) in [6.45, 7) is 9.17. The second-order valence-electron chi connectivity index (χ2n) is 7.84. The lowest BCUT2D eigenvalue weighted by Crippen LogP contribution is -2.53. The summed E-state index contributed by atoms with van der Waals surface area (Å²) in [7, 11) is 0. The Kier molecular flexibility index (Phi) is 5.98. The number of nitrogens with zero attached hydrogens (tertiary/aromatic N) is 5. The van der Waals surface area contributed by atoms with Gasteiger partial charge in [-0.05, 0) is 43.5 Å². The molecule has 0 unspecified atom stereocenters. The smallest absolute Gasteiger partial charge is 0.253 e. The van der Waals surface area contributed by atoms with E-state index in [0.29, 0.717) is 6.04 Å². The van der Waals surface area contributed by atoms with Gasteiger partial charge in [0.1, 0.15) is 0 Å². The van der Waals surface area contributed by atoms with Gasteiger partial charge in [-0.2, -0.15) is 0 Å². The molecule has 0 N–H and O–H groups in total. The molecule has 2 fully saturated rings. The van der Waals surface area contributed by atoms with Gasteiger partial charge in [0.2, 0.25) is 0 Å². The van der Waals surface area contributed by atoms with E-state index in [0.717, 1.165) is 64.2 Å². The number of aromatic nitrogens is 2. The van der Waals surface area contributed by atoms with Crippen LogP contribution in [0.2, 0.25) is 0 Å². The molecule has 28 heavy (non-hydrogen) atoms. The third-order valence-corrected chi connectivity index (χ3v) is 6.09. The third kappa shape index (κ3) is 4.39. The topological polar surface area (TPSA) is 52.6 Å². The van der Waals surface area contributed by atoms with E-state index in [1.54, 1.807) is 24.5 Å². The van der Waals surface area contributed by atoms with Crippen molar-refractivity contribution in [3.63, 3.8) is 0 Å². The molecule has 4 rings (SSSR count). The number of piperazine rings is 1. The summed E-state index contributed by atoms with van der Waals surface area (Å²) in [4.78, 5) is 28.3. The minimum Gasteiger partial charge on any atom is -0.339 e. The van der Waals surface area contributed by atoms with Gasteiger partial charge in [-0.1, -0.05) is 6.07 Å². The number of pyridine rings is 2. The van der Waals surface area contributed by atoms with Gasteiger partial charge in [0.25, 0.3) is 5.91 Å². The van der Waals surface area contributed by atoms with Gasteiger partial charge in [0.05, 0.1) is 5.69 Å². The lowest BCUT2D eigenvalue weighted by molar-refractivity contribution is 0.0465. The molecule has 2 aromatic rings. The number of likely N-dealkylation sites (tertiary alicyclic amines) is 1. The van der Waals surface area contributed by atoms with Crippen LogP contribution < -0.4 is 0 Å². The Morgan fingerprint density at radius 2 is 1.71 bits per heavy atom. The Labute approximate surface area is 167 Å². The van der Waals surface area contributed by atoms with Crippen molar-refractivity contribution >= 4 is 5.91 Å². The summed E-state index contributed by atoms with van der Waals surface area (Å²) < 4.78 is 0. The average Bonchev–Trinajstić information content (AvgIpc) is 2.76. The Morgan fingerprint density at radius 1 is 1.00 bits per heavy atom. The minimum atomic E-state index is 0.136. The molecule has 6 nitrogen and oxygen atoms in total. The highest BCUT2D eigenvalue weighted by Crippen LogP contribution is 2.20. The van der Waals surface area contributed by atoms with Crippen LogP contribution in [-0.2, 0) is 6.54 Å². The Bertz CT molecular complexity index is 781. The molecular formula is C22H29N5O. The molecule has 0 saturated carbocycles. The Balaban J connectivity index is 1.24. The molecule has 4 heterocycles. The summed E-state index contributed by atoms with van der Waals surface area (Å²) in [5.74, 6) is 0.136. The number of hydrogen-bond acceptors (Lipinski definition) is 5. The van der Waals surface area contributed by atoms with E-state index in [-0.39, 0.29) is 5.91 Å². The van der Waals surface area contributed by atoms with Crippen LogP contribution >= 0.6 is 0 Å². The molecule has 2 saturated heterocycles. The molecule has 0 aromatic carbocycles. The first-order chi connectivity index (χ1) is 13.7. The van der Waals surface area contributed by atoms with E-state index in [4.69, 9.17) is 0 Å². The summed E-state index contributed by atoms with van der Waals surface area (Å²) >= 11 is 0. The second kappa shape index (κ2) is 8.80. The van der Waals surface area contributed by atoms with Crippen molar-refractivity contribution in [1.82, 2.24) is 24.7 Å². The molecule has 2 aromatic heterocycles. The summed E-state index contributed by atoms with van der Waals surface area (Å²) in [6.07, 6.45) is 7.39. The monoisotopic (exact) mass is 379 g/mol. The van der Waals surface area contributed by atoms with Gasteiger partial charge >= 0.3 is 0 Å². The number of amides is 1. The van der Waals surface area contributed by atoms with Crippen molar-refractivity contribution in [1.29, 1.82) is 0 Å². The molecule has 148 valence electrons. The molecule has 1 amide bonds. The van der Waals surface area contributed by atoms with Crippen molar-refractivity contribution in [2.45, 2.75) is 32.4 Å². The van der Waals surface area contributed by atoms with Crippen LogP contribution in [-0.4, -0.2) is 75.9 Å². The van der Waals surface area contributed by atoms with Crippen molar-refractivity contribution in [3.05, 3.63) is 59.7 Å². The van der Waals surface area contributed by atoms with Crippen molar-refractivity contribution in [2.75, 3.05) is 39.3 Å². The number of carbonyl (C=O) groups excluding carboxylic acids is 1.